The number of thioether (sulfide) groups is 1. The number of nitrogens with two attached hydrogens (primary N) is 1. The van der Waals surface area contributed by atoms with Gasteiger partial charge in [-0.3, -0.25) is 4.79 Å². The minimum atomic E-state index is -1.53. The van der Waals surface area contributed by atoms with Crippen LogP contribution in [0.2, 0.25) is 0 Å². The number of aliphatic hydroxyl groups is 1. The number of aliphatic hydroxyl groups excluding tert-OH is 1. The minimum Gasteiger partial charge on any atom is -0.480 e. The first-order chi connectivity index (χ1) is 13.5. The zero-order valence-electron chi connectivity index (χ0n) is 15.6. The quantitative estimate of drug-likeness (QED) is 0.437. The van der Waals surface area contributed by atoms with Gasteiger partial charge in [-0.25, -0.2) is 14.4 Å². The largest absolute Gasteiger partial charge is 0.480 e. The second-order valence-electron chi connectivity index (χ2n) is 6.97. The van der Waals surface area contributed by atoms with Crippen LogP contribution < -0.4 is 5.73 Å². The SMILES string of the molecule is C[C@@H](O)[C@H]1C(=O)N2C(C(=O)O)C(C)(OC(=O)c3ccc(COC(N)=O)cc3)S[C@H]12. The molecule has 5 atom stereocenters. The lowest BCUT2D eigenvalue weighted by Crippen LogP contribution is -2.65. The summed E-state index contributed by atoms with van der Waals surface area (Å²) in [5.74, 6) is -3.29. The van der Waals surface area contributed by atoms with Crippen molar-refractivity contribution in [3.63, 3.8) is 0 Å². The number of β-lactam (4-membered cyclic amide) rings is 1. The molecule has 2 heterocycles. The van der Waals surface area contributed by atoms with Crippen molar-refractivity contribution in [1.29, 1.82) is 0 Å². The molecular formula is C18H20N2O8S. The van der Waals surface area contributed by atoms with Crippen LogP contribution in [-0.2, 0) is 25.7 Å². The number of nitrogens with zero attached hydrogens (tertiary/aromatic N) is 1. The fraction of sp³-hybridized carbons (Fsp3) is 0.444. The zero-order valence-corrected chi connectivity index (χ0v) is 16.4. The second kappa shape index (κ2) is 7.56. The number of hydrogen-bond donors (Lipinski definition) is 3. The van der Waals surface area contributed by atoms with Crippen molar-refractivity contribution in [2.24, 2.45) is 11.7 Å². The maximum atomic E-state index is 12.6. The lowest BCUT2D eigenvalue weighted by Gasteiger charge is -2.44. The average Bonchev–Trinajstić information content (AvgIpc) is 2.88. The molecule has 29 heavy (non-hydrogen) atoms. The van der Waals surface area contributed by atoms with Crippen LogP contribution in [0.5, 0.6) is 0 Å². The topological polar surface area (TPSA) is 156 Å². The number of ether oxygens (including phenoxy) is 2. The molecule has 2 saturated heterocycles. The summed E-state index contributed by atoms with van der Waals surface area (Å²) in [5.41, 5.74) is 5.65. The van der Waals surface area contributed by atoms with Gasteiger partial charge in [0.05, 0.1) is 23.0 Å². The predicted octanol–water partition coefficient (Wildman–Crippen LogP) is 0.520. The molecule has 2 aliphatic rings. The van der Waals surface area contributed by atoms with E-state index in [0.717, 1.165) is 16.7 Å². The van der Waals surface area contributed by atoms with Crippen LogP contribution in [0.25, 0.3) is 0 Å². The molecule has 0 spiro atoms. The Kier molecular flexibility index (Phi) is 5.46. The number of esters is 1. The first-order valence-corrected chi connectivity index (χ1v) is 9.58. The van der Waals surface area contributed by atoms with Crippen LogP contribution in [0.1, 0.15) is 29.8 Å². The van der Waals surface area contributed by atoms with Crippen molar-refractivity contribution in [2.75, 3.05) is 0 Å². The summed E-state index contributed by atoms with van der Waals surface area (Å²) in [5, 5.41) is 18.8. The Morgan fingerprint density at radius 2 is 1.93 bits per heavy atom. The number of carboxylic acids is 1. The summed E-state index contributed by atoms with van der Waals surface area (Å²) in [6, 6.07) is 4.60. The average molecular weight is 424 g/mol. The summed E-state index contributed by atoms with van der Waals surface area (Å²) >= 11 is 1.03. The molecule has 3 rings (SSSR count). The van der Waals surface area contributed by atoms with Crippen molar-refractivity contribution in [1.82, 2.24) is 4.90 Å². The summed E-state index contributed by atoms with van der Waals surface area (Å²) in [4.78, 5) is 46.9. The Hall–Kier alpha value is -2.79. The molecule has 0 bridgehead atoms. The van der Waals surface area contributed by atoms with E-state index in [-0.39, 0.29) is 12.2 Å². The maximum Gasteiger partial charge on any atom is 0.404 e. The molecule has 2 amide bonds. The van der Waals surface area contributed by atoms with Gasteiger partial charge in [-0.15, -0.1) is 0 Å². The molecule has 0 radical (unpaired) electrons. The lowest BCUT2D eigenvalue weighted by molar-refractivity contribution is -0.172. The van der Waals surface area contributed by atoms with Gasteiger partial charge in [0.15, 0.2) is 11.0 Å². The highest BCUT2D eigenvalue weighted by molar-refractivity contribution is 8.01. The summed E-state index contributed by atoms with van der Waals surface area (Å²) in [6.45, 7) is 2.84. The first kappa shape index (κ1) is 20.9. The lowest BCUT2D eigenvalue weighted by atomic mass is 9.90. The van der Waals surface area contributed by atoms with E-state index in [1.807, 2.05) is 0 Å². The van der Waals surface area contributed by atoms with Gasteiger partial charge in [0.1, 0.15) is 6.61 Å². The number of carbonyl (C=O) groups excluding carboxylic acids is 3. The normalized spacial score (nSPS) is 28.9. The smallest absolute Gasteiger partial charge is 0.404 e. The molecular weight excluding hydrogens is 404 g/mol. The fourth-order valence-corrected chi connectivity index (χ4v) is 5.25. The Labute approximate surface area is 169 Å². The van der Waals surface area contributed by atoms with E-state index >= 15 is 0 Å². The van der Waals surface area contributed by atoms with Gasteiger partial charge >= 0.3 is 18.0 Å². The van der Waals surface area contributed by atoms with Crippen molar-refractivity contribution in [3.05, 3.63) is 35.4 Å². The monoisotopic (exact) mass is 424 g/mol. The standard InChI is InChI=1S/C18H20N2O8S/c1-8(21)11-13(22)20-12(15(23)24)18(2,29-14(11)20)28-16(25)10-5-3-9(4-6-10)7-27-17(19)26/h3-6,8,11-12,14,21H,7H2,1-2H3,(H2,19,26)(H,23,24)/t8-,11+,12?,14-,18?/m1/s1. The molecule has 10 nitrogen and oxygen atoms in total. The number of rotatable bonds is 6. The molecule has 2 fully saturated rings. The van der Waals surface area contributed by atoms with Crippen molar-refractivity contribution in [2.45, 2.75) is 42.9 Å². The Morgan fingerprint density at radius 1 is 1.31 bits per heavy atom. The van der Waals surface area contributed by atoms with E-state index in [1.165, 1.54) is 26.0 Å². The third kappa shape index (κ3) is 3.75. The van der Waals surface area contributed by atoms with Crippen LogP contribution in [0, 0.1) is 5.92 Å². The fourth-order valence-electron chi connectivity index (χ4n) is 3.47. The van der Waals surface area contributed by atoms with Gasteiger partial charge in [-0.1, -0.05) is 23.9 Å². The van der Waals surface area contributed by atoms with Crippen molar-refractivity contribution >= 4 is 35.7 Å². The molecule has 1 aromatic rings. The van der Waals surface area contributed by atoms with Gasteiger partial charge in [-0.05, 0) is 31.5 Å². The molecule has 4 N–H and O–H groups in total. The first-order valence-electron chi connectivity index (χ1n) is 8.70. The van der Waals surface area contributed by atoms with E-state index in [4.69, 9.17) is 10.5 Å². The number of primary amides is 1. The minimum absolute atomic E-state index is 0.0567. The van der Waals surface area contributed by atoms with Gasteiger partial charge in [0.2, 0.25) is 5.91 Å². The summed E-state index contributed by atoms with van der Waals surface area (Å²) in [7, 11) is 0. The third-order valence-electron chi connectivity index (χ3n) is 4.87. The van der Waals surface area contributed by atoms with E-state index in [1.54, 1.807) is 12.1 Å². The van der Waals surface area contributed by atoms with E-state index in [9.17, 15) is 29.4 Å². The highest BCUT2D eigenvalue weighted by Gasteiger charge is 2.68. The van der Waals surface area contributed by atoms with Crippen molar-refractivity contribution < 1.29 is 38.9 Å². The van der Waals surface area contributed by atoms with E-state index in [0.29, 0.717) is 5.56 Å². The maximum absolute atomic E-state index is 12.6. The second-order valence-corrected chi connectivity index (χ2v) is 8.50. The highest BCUT2D eigenvalue weighted by Crippen LogP contribution is 2.54. The Bertz CT molecular complexity index is 858. The van der Waals surface area contributed by atoms with Gasteiger partial charge in [0.25, 0.3) is 0 Å². The van der Waals surface area contributed by atoms with Gasteiger partial charge in [-0.2, -0.15) is 0 Å². The predicted molar refractivity (Wildman–Crippen MR) is 99.5 cm³/mol. The highest BCUT2D eigenvalue weighted by atomic mass is 32.2. The Balaban J connectivity index is 1.75. The van der Waals surface area contributed by atoms with Crippen LogP contribution in [-0.4, -0.2) is 61.5 Å². The third-order valence-corrected chi connectivity index (χ3v) is 6.41. The molecule has 0 aromatic heterocycles. The number of carbonyl (C=O) groups is 4. The molecule has 1 aromatic carbocycles. The number of fused-ring (bicyclic) bond motifs is 1. The van der Waals surface area contributed by atoms with Crippen LogP contribution in [0.4, 0.5) is 4.79 Å². The molecule has 2 aliphatic heterocycles. The zero-order chi connectivity index (χ0) is 21.5. The summed E-state index contributed by atoms with van der Waals surface area (Å²) < 4.78 is 10.2. The van der Waals surface area contributed by atoms with Crippen LogP contribution >= 0.6 is 11.8 Å². The number of carboxylic acid groups (broad SMARTS) is 1. The van der Waals surface area contributed by atoms with E-state index < -0.39 is 52.3 Å². The Morgan fingerprint density at radius 3 is 2.45 bits per heavy atom. The molecule has 0 aliphatic carbocycles. The number of aliphatic carboxylic acids is 1. The van der Waals surface area contributed by atoms with Crippen LogP contribution in [0.3, 0.4) is 0 Å². The van der Waals surface area contributed by atoms with E-state index in [2.05, 4.69) is 4.74 Å². The molecule has 2 unspecified atom stereocenters. The van der Waals surface area contributed by atoms with Gasteiger partial charge < -0.3 is 30.3 Å². The van der Waals surface area contributed by atoms with Gasteiger partial charge in [0, 0.05) is 0 Å². The molecule has 0 saturated carbocycles. The molecule has 156 valence electrons. The number of hydrogen-bond acceptors (Lipinski definition) is 8. The number of benzene rings is 1. The number of amides is 2. The van der Waals surface area contributed by atoms with Crippen molar-refractivity contribution in [3.8, 4) is 0 Å². The molecule has 11 heteroatoms. The van der Waals surface area contributed by atoms with Crippen LogP contribution in [0.15, 0.2) is 24.3 Å². The summed E-state index contributed by atoms with van der Waals surface area (Å²) in [6.07, 6.45) is -1.87.